The van der Waals surface area contributed by atoms with Crippen LogP contribution in [-0.2, 0) is 4.74 Å². The Hall–Kier alpha value is -1.29. The molecule has 142 valence electrons. The van der Waals surface area contributed by atoms with Gasteiger partial charge >= 0.3 is 0 Å². The number of nitrogens with one attached hydrogen (secondary N) is 3. The van der Waals surface area contributed by atoms with E-state index in [1.54, 1.807) is 26.3 Å². The largest absolute Gasteiger partial charge is 0.459 e. The molecule has 0 saturated heterocycles. The van der Waals surface area contributed by atoms with Gasteiger partial charge in [0, 0.05) is 40.4 Å². The van der Waals surface area contributed by atoms with Gasteiger partial charge in [-0.3, -0.25) is 9.79 Å². The number of carbonyl (C=O) groups excluding carboxylic acids is 1. The van der Waals surface area contributed by atoms with Gasteiger partial charge in [0.25, 0.3) is 5.91 Å². The van der Waals surface area contributed by atoms with E-state index in [0.717, 1.165) is 25.5 Å². The third-order valence-corrected chi connectivity index (χ3v) is 4.55. The Labute approximate surface area is 166 Å². The molecular formula is C17H29IN4O3. The smallest absolute Gasteiger partial charge is 0.287 e. The van der Waals surface area contributed by atoms with Crippen LogP contribution >= 0.6 is 24.0 Å². The molecule has 25 heavy (non-hydrogen) atoms. The minimum Gasteiger partial charge on any atom is -0.459 e. The molecule has 1 aliphatic rings. The van der Waals surface area contributed by atoms with Gasteiger partial charge in [0.1, 0.15) is 0 Å². The fraction of sp³-hybridized carbons (Fsp3) is 0.647. The second-order valence-corrected chi connectivity index (χ2v) is 6.18. The Kier molecular flexibility index (Phi) is 9.88. The van der Waals surface area contributed by atoms with Gasteiger partial charge in [-0.25, -0.2) is 0 Å². The van der Waals surface area contributed by atoms with Crippen molar-refractivity contribution in [2.24, 2.45) is 10.4 Å². The van der Waals surface area contributed by atoms with Crippen molar-refractivity contribution >= 4 is 35.8 Å². The van der Waals surface area contributed by atoms with E-state index < -0.39 is 0 Å². The van der Waals surface area contributed by atoms with Crippen LogP contribution in [0.5, 0.6) is 0 Å². The molecule has 1 fully saturated rings. The normalized spacial score (nSPS) is 15.7. The van der Waals surface area contributed by atoms with Crippen molar-refractivity contribution in [3.05, 3.63) is 24.2 Å². The fourth-order valence-electron chi connectivity index (χ4n) is 2.85. The first kappa shape index (κ1) is 21.8. The molecule has 0 bridgehead atoms. The summed E-state index contributed by atoms with van der Waals surface area (Å²) in [5, 5.41) is 9.39. The Morgan fingerprint density at radius 1 is 1.32 bits per heavy atom. The number of hydrogen-bond acceptors (Lipinski definition) is 4. The summed E-state index contributed by atoms with van der Waals surface area (Å²) in [6.07, 6.45) is 6.32. The number of hydrogen-bond donors (Lipinski definition) is 3. The van der Waals surface area contributed by atoms with E-state index in [2.05, 4.69) is 20.9 Å². The number of aliphatic imine (C=N–C) groups is 1. The van der Waals surface area contributed by atoms with Crippen molar-refractivity contribution in [3.8, 4) is 0 Å². The number of rotatable bonds is 9. The lowest BCUT2D eigenvalue weighted by atomic mass is 9.67. The summed E-state index contributed by atoms with van der Waals surface area (Å²) in [4.78, 5) is 16.0. The summed E-state index contributed by atoms with van der Waals surface area (Å²) >= 11 is 0. The predicted octanol–water partition coefficient (Wildman–Crippen LogP) is 2.00. The molecule has 8 heteroatoms. The summed E-state index contributed by atoms with van der Waals surface area (Å²) in [6, 6.07) is 3.33. The van der Waals surface area contributed by atoms with Crippen LogP contribution in [0.3, 0.4) is 0 Å². The third kappa shape index (κ3) is 6.85. The molecule has 1 amide bonds. The van der Waals surface area contributed by atoms with E-state index in [-0.39, 0.29) is 29.9 Å². The highest BCUT2D eigenvalue weighted by Crippen LogP contribution is 2.43. The van der Waals surface area contributed by atoms with Gasteiger partial charge in [0.05, 0.1) is 6.26 Å². The minimum absolute atomic E-state index is 0. The molecule has 1 aromatic rings. The molecule has 1 saturated carbocycles. The zero-order valence-electron chi connectivity index (χ0n) is 15.0. The number of methoxy groups -OCH3 is 1. The number of guanidine groups is 1. The molecule has 1 heterocycles. The molecule has 0 aromatic carbocycles. The standard InChI is InChI=1S/C17H28N4O3.HI/c1-18-16(21-13-17(6-4-7-17)8-12-23-2)20-10-9-19-15(22)14-5-3-11-24-14;/h3,5,11H,4,6-10,12-13H2,1-2H3,(H,19,22)(H2,18,20,21);1H. The topological polar surface area (TPSA) is 87.9 Å². The summed E-state index contributed by atoms with van der Waals surface area (Å²) in [7, 11) is 3.50. The zero-order chi connectivity index (χ0) is 17.3. The van der Waals surface area contributed by atoms with Crippen molar-refractivity contribution in [2.75, 3.05) is 40.4 Å². The Morgan fingerprint density at radius 3 is 2.64 bits per heavy atom. The molecule has 0 aliphatic heterocycles. The van der Waals surface area contributed by atoms with E-state index in [4.69, 9.17) is 9.15 Å². The maximum absolute atomic E-state index is 11.7. The Bertz CT molecular complexity index is 530. The van der Waals surface area contributed by atoms with Crippen molar-refractivity contribution in [1.29, 1.82) is 0 Å². The van der Waals surface area contributed by atoms with Gasteiger partial charge in [-0.2, -0.15) is 0 Å². The molecule has 7 nitrogen and oxygen atoms in total. The van der Waals surface area contributed by atoms with E-state index in [1.807, 2.05) is 0 Å². The van der Waals surface area contributed by atoms with Gasteiger partial charge in [-0.1, -0.05) is 6.42 Å². The second kappa shape index (κ2) is 11.3. The highest BCUT2D eigenvalue weighted by atomic mass is 127. The number of amides is 1. The lowest BCUT2D eigenvalue weighted by Gasteiger charge is -2.42. The lowest BCUT2D eigenvalue weighted by Crippen LogP contribution is -2.48. The Balaban J connectivity index is 0.00000312. The van der Waals surface area contributed by atoms with Gasteiger partial charge < -0.3 is 25.1 Å². The van der Waals surface area contributed by atoms with E-state index in [0.29, 0.717) is 24.3 Å². The molecule has 1 aromatic heterocycles. The third-order valence-electron chi connectivity index (χ3n) is 4.55. The molecule has 2 rings (SSSR count). The van der Waals surface area contributed by atoms with E-state index in [1.165, 1.54) is 25.5 Å². The van der Waals surface area contributed by atoms with Crippen LogP contribution in [0.15, 0.2) is 27.8 Å². The molecular weight excluding hydrogens is 435 g/mol. The summed E-state index contributed by atoms with van der Waals surface area (Å²) in [5.74, 6) is 0.867. The van der Waals surface area contributed by atoms with Crippen LogP contribution in [0.2, 0.25) is 0 Å². The molecule has 1 aliphatic carbocycles. The van der Waals surface area contributed by atoms with Crippen LogP contribution in [0.4, 0.5) is 0 Å². The highest BCUT2D eigenvalue weighted by molar-refractivity contribution is 14.0. The highest BCUT2D eigenvalue weighted by Gasteiger charge is 2.36. The minimum atomic E-state index is -0.210. The van der Waals surface area contributed by atoms with Crippen LogP contribution in [0.1, 0.15) is 36.2 Å². The van der Waals surface area contributed by atoms with Crippen molar-refractivity contribution in [1.82, 2.24) is 16.0 Å². The first-order chi connectivity index (χ1) is 11.7. The summed E-state index contributed by atoms with van der Waals surface area (Å²) in [5.41, 5.74) is 0.334. The van der Waals surface area contributed by atoms with Crippen LogP contribution < -0.4 is 16.0 Å². The summed E-state index contributed by atoms with van der Waals surface area (Å²) < 4.78 is 10.3. The zero-order valence-corrected chi connectivity index (χ0v) is 17.3. The second-order valence-electron chi connectivity index (χ2n) is 6.18. The summed E-state index contributed by atoms with van der Waals surface area (Å²) in [6.45, 7) is 2.79. The average Bonchev–Trinajstić information content (AvgIpc) is 3.09. The van der Waals surface area contributed by atoms with Crippen molar-refractivity contribution in [2.45, 2.75) is 25.7 Å². The quantitative estimate of drug-likeness (QED) is 0.225. The number of nitrogens with zero attached hydrogens (tertiary/aromatic N) is 1. The number of ether oxygens (including phenoxy) is 1. The van der Waals surface area contributed by atoms with Gasteiger partial charge in [0.15, 0.2) is 11.7 Å². The number of carbonyl (C=O) groups is 1. The predicted molar refractivity (Wildman–Crippen MR) is 109 cm³/mol. The van der Waals surface area contributed by atoms with Crippen molar-refractivity contribution < 1.29 is 13.9 Å². The first-order valence-corrected chi connectivity index (χ1v) is 8.44. The van der Waals surface area contributed by atoms with Crippen LogP contribution in [0.25, 0.3) is 0 Å². The average molecular weight is 464 g/mol. The molecule has 0 spiro atoms. The van der Waals surface area contributed by atoms with Crippen LogP contribution in [0, 0.1) is 5.41 Å². The van der Waals surface area contributed by atoms with Crippen molar-refractivity contribution in [3.63, 3.8) is 0 Å². The molecule has 0 unspecified atom stereocenters. The van der Waals surface area contributed by atoms with Gasteiger partial charge in [0.2, 0.25) is 0 Å². The first-order valence-electron chi connectivity index (χ1n) is 8.44. The lowest BCUT2D eigenvalue weighted by molar-refractivity contribution is 0.0732. The maximum atomic E-state index is 11.7. The van der Waals surface area contributed by atoms with Crippen LogP contribution in [-0.4, -0.2) is 52.3 Å². The van der Waals surface area contributed by atoms with E-state index in [9.17, 15) is 4.79 Å². The Morgan fingerprint density at radius 2 is 2.08 bits per heavy atom. The van der Waals surface area contributed by atoms with Gasteiger partial charge in [-0.15, -0.1) is 24.0 Å². The monoisotopic (exact) mass is 464 g/mol. The molecule has 3 N–H and O–H groups in total. The van der Waals surface area contributed by atoms with E-state index >= 15 is 0 Å². The molecule has 0 atom stereocenters. The maximum Gasteiger partial charge on any atom is 0.287 e. The number of furan rings is 1. The van der Waals surface area contributed by atoms with Gasteiger partial charge in [-0.05, 0) is 36.8 Å². The fourth-order valence-corrected chi connectivity index (χ4v) is 2.85. The number of halogens is 1. The molecule has 0 radical (unpaired) electrons. The SMILES string of the molecule is CN=C(NCCNC(=O)c1ccco1)NCC1(CCOC)CCC1.I.